The number of nitrogens with one attached hydrogen (secondary N) is 1. The van der Waals surface area contributed by atoms with Crippen molar-refractivity contribution in [1.82, 2.24) is 4.98 Å². The number of benzene rings is 4. The average Bonchev–Trinajstić information content (AvgIpc) is 2.97. The molecular formula is C31H26F2N2O6. The molecule has 0 aliphatic heterocycles. The molecule has 41 heavy (non-hydrogen) atoms. The predicted molar refractivity (Wildman–Crippen MR) is 150 cm³/mol. The Labute approximate surface area is 234 Å². The van der Waals surface area contributed by atoms with E-state index in [0.717, 1.165) is 22.9 Å². The summed E-state index contributed by atoms with van der Waals surface area (Å²) >= 11 is 0. The fourth-order valence-electron chi connectivity index (χ4n) is 4.40. The summed E-state index contributed by atoms with van der Waals surface area (Å²) < 4.78 is 52.6. The zero-order chi connectivity index (χ0) is 29.1. The molecule has 0 unspecified atom stereocenters. The molecule has 0 aliphatic rings. The standard InChI is InChI=1S/C31H26F2N2O6/c1-17(16-36)40-28-14-22-25(15-27(28)38-2)34-11-10-26(22)41-30-23(32)12-19(13-24(30)33)35-31(37)21-9-8-18-6-4-5-7-20(18)29(21)39-3/h4-15,17,36H,16H2,1-3H3,(H,35,37)/t17-/m0/s1. The minimum absolute atomic E-state index is 0.106. The third-order valence-corrected chi connectivity index (χ3v) is 6.37. The molecule has 210 valence electrons. The van der Waals surface area contributed by atoms with Crippen LogP contribution in [0.15, 0.2) is 72.9 Å². The Bertz CT molecular complexity index is 1740. The maximum absolute atomic E-state index is 15.2. The summed E-state index contributed by atoms with van der Waals surface area (Å²) in [5, 5.41) is 13.9. The maximum Gasteiger partial charge on any atom is 0.259 e. The van der Waals surface area contributed by atoms with Crippen molar-refractivity contribution in [2.75, 3.05) is 26.1 Å². The Morgan fingerprint density at radius 2 is 1.66 bits per heavy atom. The number of aliphatic hydroxyl groups is 1. The molecule has 8 nitrogen and oxygen atoms in total. The normalized spacial score (nSPS) is 11.8. The van der Waals surface area contributed by atoms with Crippen LogP contribution in [0.3, 0.4) is 0 Å². The third kappa shape index (κ3) is 5.55. The number of carbonyl (C=O) groups is 1. The van der Waals surface area contributed by atoms with Crippen molar-refractivity contribution in [3.63, 3.8) is 0 Å². The quantitative estimate of drug-likeness (QED) is 0.213. The van der Waals surface area contributed by atoms with Crippen molar-refractivity contribution in [3.8, 4) is 28.7 Å². The highest BCUT2D eigenvalue weighted by Gasteiger charge is 2.20. The van der Waals surface area contributed by atoms with Gasteiger partial charge in [0.25, 0.3) is 5.91 Å². The van der Waals surface area contributed by atoms with Crippen molar-refractivity contribution in [2.24, 2.45) is 0 Å². The average molecular weight is 561 g/mol. The lowest BCUT2D eigenvalue weighted by molar-refractivity contribution is 0.102. The number of methoxy groups -OCH3 is 2. The molecule has 1 aromatic heterocycles. The summed E-state index contributed by atoms with van der Waals surface area (Å²) in [5.41, 5.74) is 0.530. The van der Waals surface area contributed by atoms with E-state index in [4.69, 9.17) is 18.9 Å². The van der Waals surface area contributed by atoms with Crippen molar-refractivity contribution < 1.29 is 37.6 Å². The minimum Gasteiger partial charge on any atom is -0.495 e. The van der Waals surface area contributed by atoms with Gasteiger partial charge in [0.2, 0.25) is 0 Å². The zero-order valence-corrected chi connectivity index (χ0v) is 22.4. The number of ether oxygens (including phenoxy) is 4. The molecule has 0 radical (unpaired) electrons. The monoisotopic (exact) mass is 560 g/mol. The fraction of sp³-hybridized carbons (Fsp3) is 0.161. The Balaban J connectivity index is 1.44. The third-order valence-electron chi connectivity index (χ3n) is 6.37. The summed E-state index contributed by atoms with van der Waals surface area (Å²) in [6, 6.07) is 17.3. The van der Waals surface area contributed by atoms with Crippen molar-refractivity contribution in [2.45, 2.75) is 13.0 Å². The largest absolute Gasteiger partial charge is 0.495 e. The molecule has 5 aromatic rings. The highest BCUT2D eigenvalue weighted by Crippen LogP contribution is 2.39. The summed E-state index contributed by atoms with van der Waals surface area (Å²) in [5.74, 6) is -2.22. The molecule has 0 fully saturated rings. The lowest BCUT2D eigenvalue weighted by Crippen LogP contribution is -2.16. The lowest BCUT2D eigenvalue weighted by Gasteiger charge is -2.17. The lowest BCUT2D eigenvalue weighted by atomic mass is 10.0. The zero-order valence-electron chi connectivity index (χ0n) is 22.4. The number of rotatable bonds is 9. The molecule has 0 saturated heterocycles. The maximum atomic E-state index is 15.2. The second-order valence-corrected chi connectivity index (χ2v) is 9.13. The second kappa shape index (κ2) is 11.6. The first-order valence-electron chi connectivity index (χ1n) is 12.6. The van der Waals surface area contributed by atoms with Crippen LogP contribution in [0.5, 0.6) is 28.7 Å². The van der Waals surface area contributed by atoms with E-state index in [1.807, 2.05) is 24.3 Å². The Kier molecular flexibility index (Phi) is 7.84. The second-order valence-electron chi connectivity index (χ2n) is 9.13. The molecule has 0 bridgehead atoms. The van der Waals surface area contributed by atoms with Crippen molar-refractivity contribution in [1.29, 1.82) is 0 Å². The number of fused-ring (bicyclic) bond motifs is 2. The first-order chi connectivity index (χ1) is 19.8. The fourth-order valence-corrected chi connectivity index (χ4v) is 4.40. The Morgan fingerprint density at radius 1 is 0.902 bits per heavy atom. The van der Waals surface area contributed by atoms with Crippen LogP contribution in [0.4, 0.5) is 14.5 Å². The molecule has 10 heteroatoms. The topological polar surface area (TPSA) is 99.1 Å². The molecule has 0 aliphatic carbocycles. The van der Waals surface area contributed by atoms with E-state index in [0.29, 0.717) is 28.2 Å². The van der Waals surface area contributed by atoms with Gasteiger partial charge in [0.1, 0.15) is 17.6 Å². The SMILES string of the molecule is COc1cc2nccc(Oc3c(F)cc(NC(=O)c4ccc5ccccc5c4OC)cc3F)c2cc1O[C@@H](C)CO. The van der Waals surface area contributed by atoms with Crippen LogP contribution >= 0.6 is 0 Å². The van der Waals surface area contributed by atoms with Gasteiger partial charge in [-0.2, -0.15) is 0 Å². The van der Waals surface area contributed by atoms with E-state index in [2.05, 4.69) is 10.3 Å². The number of carbonyl (C=O) groups excluding carboxylic acids is 1. The highest BCUT2D eigenvalue weighted by atomic mass is 19.1. The van der Waals surface area contributed by atoms with Gasteiger partial charge in [0.05, 0.1) is 31.9 Å². The summed E-state index contributed by atoms with van der Waals surface area (Å²) in [6.07, 6.45) is 0.893. The van der Waals surface area contributed by atoms with Crippen molar-refractivity contribution >= 4 is 33.3 Å². The molecule has 2 N–H and O–H groups in total. The van der Waals surface area contributed by atoms with E-state index >= 15 is 8.78 Å². The van der Waals surface area contributed by atoms with E-state index < -0.39 is 29.4 Å². The number of amides is 1. The molecule has 1 heterocycles. The number of aliphatic hydroxyl groups excluding tert-OH is 1. The van der Waals surface area contributed by atoms with Gasteiger partial charge in [-0.05, 0) is 30.5 Å². The molecule has 5 rings (SSSR count). The van der Waals surface area contributed by atoms with Crippen LogP contribution in [-0.4, -0.2) is 42.9 Å². The van der Waals surface area contributed by atoms with Crippen LogP contribution < -0.4 is 24.3 Å². The van der Waals surface area contributed by atoms with Crippen LogP contribution in [0.2, 0.25) is 0 Å². The van der Waals surface area contributed by atoms with Crippen LogP contribution in [0.1, 0.15) is 17.3 Å². The van der Waals surface area contributed by atoms with Crippen LogP contribution in [-0.2, 0) is 0 Å². The molecule has 1 atom stereocenters. The minimum atomic E-state index is -1.03. The molecule has 0 spiro atoms. The number of aromatic nitrogens is 1. The number of hydrogen-bond acceptors (Lipinski definition) is 7. The summed E-state index contributed by atoms with van der Waals surface area (Å²) in [6.45, 7) is 1.44. The van der Waals surface area contributed by atoms with Crippen LogP contribution in [0.25, 0.3) is 21.7 Å². The Hall–Kier alpha value is -4.96. The van der Waals surface area contributed by atoms with E-state index in [1.165, 1.54) is 26.5 Å². The molecule has 1 amide bonds. The smallest absolute Gasteiger partial charge is 0.259 e. The number of hydrogen-bond donors (Lipinski definition) is 2. The van der Waals surface area contributed by atoms with Gasteiger partial charge in [0, 0.05) is 40.9 Å². The van der Waals surface area contributed by atoms with Gasteiger partial charge in [-0.3, -0.25) is 9.78 Å². The van der Waals surface area contributed by atoms with Gasteiger partial charge >= 0.3 is 0 Å². The molecule has 4 aromatic carbocycles. The van der Waals surface area contributed by atoms with Gasteiger partial charge < -0.3 is 29.4 Å². The number of halogens is 2. The highest BCUT2D eigenvalue weighted by molar-refractivity contribution is 6.10. The first-order valence-corrected chi connectivity index (χ1v) is 12.6. The number of anilines is 1. The van der Waals surface area contributed by atoms with E-state index in [1.54, 1.807) is 31.2 Å². The first kappa shape index (κ1) is 27.6. The predicted octanol–water partition coefficient (Wildman–Crippen LogP) is 6.49. The number of pyridine rings is 1. The van der Waals surface area contributed by atoms with Gasteiger partial charge in [-0.15, -0.1) is 0 Å². The number of nitrogens with zero attached hydrogens (tertiary/aromatic N) is 1. The summed E-state index contributed by atoms with van der Waals surface area (Å²) in [7, 11) is 2.91. The van der Waals surface area contributed by atoms with Gasteiger partial charge in [-0.25, -0.2) is 8.78 Å². The van der Waals surface area contributed by atoms with E-state index in [9.17, 15) is 9.90 Å². The molecule has 0 saturated carbocycles. The van der Waals surface area contributed by atoms with Gasteiger partial charge in [-0.1, -0.05) is 30.3 Å². The Morgan fingerprint density at radius 3 is 2.37 bits per heavy atom. The molecular weight excluding hydrogens is 534 g/mol. The van der Waals surface area contributed by atoms with Gasteiger partial charge in [0.15, 0.2) is 28.9 Å². The van der Waals surface area contributed by atoms with Crippen LogP contribution in [0, 0.1) is 11.6 Å². The summed E-state index contributed by atoms with van der Waals surface area (Å²) in [4.78, 5) is 17.3. The van der Waals surface area contributed by atoms with E-state index in [-0.39, 0.29) is 23.6 Å². The van der Waals surface area contributed by atoms with Crippen molar-refractivity contribution in [3.05, 3.63) is 90.1 Å².